The van der Waals surface area contributed by atoms with Crippen LogP contribution in [0.1, 0.15) is 145 Å². The van der Waals surface area contributed by atoms with Crippen LogP contribution in [-0.2, 0) is 12.8 Å². The number of hydrogen-bond donors (Lipinski definition) is 0. The molecule has 4 aromatic heterocycles. The van der Waals surface area contributed by atoms with Crippen molar-refractivity contribution in [3.63, 3.8) is 0 Å². The fourth-order valence-electron chi connectivity index (χ4n) is 8.07. The highest BCUT2D eigenvalue weighted by Gasteiger charge is 2.24. The number of aryl methyl sites for hydroxylation is 2. The summed E-state index contributed by atoms with van der Waals surface area (Å²) < 4.78 is 19.9. The van der Waals surface area contributed by atoms with Gasteiger partial charge >= 0.3 is 0 Å². The Balaban J connectivity index is 1.38. The SMILES string of the molecule is CCCCCCC(C)Cc1cc(C)sc1-c1cc2c(cc(-c3sc(C)cc3CC(CCCCCC)CCCCCC)c3nsnc32)c2nsnc12. The van der Waals surface area contributed by atoms with Gasteiger partial charge in [-0.2, -0.15) is 17.5 Å². The molecular formula is C43H58N4S4. The standard InChI is InChI=1S/C43H58N4S4/c1-7-10-13-16-19-28(4)22-32-23-29(5)48-42(32)36-26-34-35(38-40(36)46-50-44-38)27-37(41-39(34)45-51-47-41)43-33(24-30(6)49-43)25-31(20-17-14-11-8-2)21-18-15-12-9-3/h23-24,26-28,31H,7-22,25H2,1-6H3. The Kier molecular flexibility index (Phi) is 14.1. The number of rotatable bonds is 21. The highest BCUT2D eigenvalue weighted by atomic mass is 32.1. The van der Waals surface area contributed by atoms with E-state index < -0.39 is 0 Å². The first-order chi connectivity index (χ1) is 24.9. The Bertz CT molecular complexity index is 1980. The minimum atomic E-state index is 0.659. The average Bonchev–Trinajstić information content (AvgIpc) is 3.93. The van der Waals surface area contributed by atoms with E-state index >= 15 is 0 Å². The first-order valence-electron chi connectivity index (χ1n) is 19.9. The second kappa shape index (κ2) is 18.7. The molecule has 0 bridgehead atoms. The third kappa shape index (κ3) is 9.28. The predicted octanol–water partition coefficient (Wildman–Crippen LogP) is 15.2. The molecule has 0 aliphatic rings. The maximum absolute atomic E-state index is 4.99. The zero-order valence-electron chi connectivity index (χ0n) is 31.9. The highest BCUT2D eigenvalue weighted by Crippen LogP contribution is 2.46. The molecule has 0 fully saturated rings. The third-order valence-electron chi connectivity index (χ3n) is 10.8. The first-order valence-corrected chi connectivity index (χ1v) is 23.0. The molecule has 6 rings (SSSR count). The zero-order chi connectivity index (χ0) is 35.7. The zero-order valence-corrected chi connectivity index (χ0v) is 35.2. The van der Waals surface area contributed by atoms with Gasteiger partial charge in [0.15, 0.2) is 0 Å². The third-order valence-corrected chi connectivity index (χ3v) is 14.1. The fraction of sp³-hybridized carbons (Fsp3) is 0.581. The van der Waals surface area contributed by atoms with Crippen LogP contribution < -0.4 is 0 Å². The Labute approximate surface area is 323 Å². The number of hydrogen-bond acceptors (Lipinski definition) is 8. The van der Waals surface area contributed by atoms with E-state index in [2.05, 4.69) is 65.8 Å². The van der Waals surface area contributed by atoms with Gasteiger partial charge in [-0.15, -0.1) is 22.7 Å². The molecule has 2 aromatic carbocycles. The fourth-order valence-corrected chi connectivity index (χ4v) is 11.3. The Hall–Kier alpha value is -2.26. The molecule has 6 aromatic rings. The summed E-state index contributed by atoms with van der Waals surface area (Å²) in [7, 11) is 0. The van der Waals surface area contributed by atoms with Crippen LogP contribution in [0.4, 0.5) is 0 Å². The van der Waals surface area contributed by atoms with Gasteiger partial charge in [-0.25, -0.2) is 0 Å². The van der Waals surface area contributed by atoms with Crippen molar-refractivity contribution >= 4 is 79.0 Å². The maximum atomic E-state index is 4.99. The Morgan fingerprint density at radius 3 is 1.41 bits per heavy atom. The lowest BCUT2D eigenvalue weighted by Gasteiger charge is -2.18. The number of nitrogens with zero attached hydrogens (tertiary/aromatic N) is 4. The molecule has 4 nitrogen and oxygen atoms in total. The quantitative estimate of drug-likeness (QED) is 0.0686. The van der Waals surface area contributed by atoms with Crippen molar-refractivity contribution in [3.8, 4) is 20.9 Å². The topological polar surface area (TPSA) is 51.6 Å². The summed E-state index contributed by atoms with van der Waals surface area (Å²) in [5.74, 6) is 1.39. The van der Waals surface area contributed by atoms with E-state index in [0.29, 0.717) is 5.92 Å². The van der Waals surface area contributed by atoms with E-state index in [4.69, 9.17) is 17.5 Å². The Morgan fingerprint density at radius 2 is 0.941 bits per heavy atom. The van der Waals surface area contributed by atoms with Gasteiger partial charge in [0.05, 0.1) is 23.5 Å². The van der Waals surface area contributed by atoms with Crippen molar-refractivity contribution < 1.29 is 0 Å². The van der Waals surface area contributed by atoms with Crippen LogP contribution in [0, 0.1) is 25.7 Å². The van der Waals surface area contributed by atoms with Crippen molar-refractivity contribution in [3.05, 3.63) is 45.1 Å². The van der Waals surface area contributed by atoms with Crippen molar-refractivity contribution in [2.24, 2.45) is 11.8 Å². The largest absolute Gasteiger partial charge is 0.172 e. The molecule has 0 radical (unpaired) electrons. The summed E-state index contributed by atoms with van der Waals surface area (Å²) in [5, 5.41) is 2.31. The lowest BCUT2D eigenvalue weighted by Crippen LogP contribution is -2.06. The molecule has 8 heteroatoms. The summed E-state index contributed by atoms with van der Waals surface area (Å²) in [6.07, 6.45) is 22.2. The molecule has 0 aliphatic carbocycles. The van der Waals surface area contributed by atoms with Crippen LogP contribution in [0.2, 0.25) is 0 Å². The van der Waals surface area contributed by atoms with Crippen LogP contribution in [0.15, 0.2) is 24.3 Å². The van der Waals surface area contributed by atoms with E-state index in [9.17, 15) is 0 Å². The summed E-state index contributed by atoms with van der Waals surface area (Å²) in [6.45, 7) is 13.9. The minimum absolute atomic E-state index is 0.659. The molecule has 0 saturated carbocycles. The molecule has 1 unspecified atom stereocenters. The van der Waals surface area contributed by atoms with E-state index in [1.165, 1.54) is 162 Å². The second-order valence-electron chi connectivity index (χ2n) is 15.2. The maximum Gasteiger partial charge on any atom is 0.114 e. The van der Waals surface area contributed by atoms with Gasteiger partial charge in [0, 0.05) is 41.4 Å². The van der Waals surface area contributed by atoms with Gasteiger partial charge < -0.3 is 0 Å². The summed E-state index contributed by atoms with van der Waals surface area (Å²) in [5.41, 5.74) is 9.47. The van der Waals surface area contributed by atoms with E-state index in [1.54, 1.807) is 0 Å². The molecule has 0 amide bonds. The monoisotopic (exact) mass is 758 g/mol. The van der Waals surface area contributed by atoms with Gasteiger partial charge in [0.25, 0.3) is 0 Å². The number of aromatic nitrogens is 4. The first kappa shape index (κ1) is 38.5. The lowest BCUT2D eigenvalue weighted by molar-refractivity contribution is 0.404. The van der Waals surface area contributed by atoms with Crippen LogP contribution >= 0.6 is 46.1 Å². The smallest absolute Gasteiger partial charge is 0.114 e. The molecule has 0 aliphatic heterocycles. The van der Waals surface area contributed by atoms with E-state index in [-0.39, 0.29) is 0 Å². The highest BCUT2D eigenvalue weighted by molar-refractivity contribution is 7.16. The van der Waals surface area contributed by atoms with Crippen molar-refractivity contribution in [1.29, 1.82) is 0 Å². The molecule has 1 atom stereocenters. The number of benzene rings is 2. The molecule has 0 saturated heterocycles. The van der Waals surface area contributed by atoms with Crippen LogP contribution in [0.5, 0.6) is 0 Å². The van der Waals surface area contributed by atoms with E-state index in [0.717, 1.165) is 51.6 Å². The van der Waals surface area contributed by atoms with Crippen LogP contribution in [-0.4, -0.2) is 17.5 Å². The molecule has 51 heavy (non-hydrogen) atoms. The van der Waals surface area contributed by atoms with Crippen LogP contribution in [0.25, 0.3) is 53.7 Å². The Morgan fingerprint density at radius 1 is 0.510 bits per heavy atom. The van der Waals surface area contributed by atoms with Crippen molar-refractivity contribution in [2.45, 2.75) is 151 Å². The van der Waals surface area contributed by atoms with Gasteiger partial charge in [0.1, 0.15) is 22.1 Å². The minimum Gasteiger partial charge on any atom is -0.172 e. The lowest BCUT2D eigenvalue weighted by atomic mass is 9.88. The molecular weight excluding hydrogens is 701 g/mol. The molecule has 0 N–H and O–H groups in total. The van der Waals surface area contributed by atoms with Crippen molar-refractivity contribution in [2.75, 3.05) is 0 Å². The van der Waals surface area contributed by atoms with Gasteiger partial charge in [-0.1, -0.05) is 124 Å². The summed E-state index contributed by atoms with van der Waals surface area (Å²) in [6, 6.07) is 9.65. The van der Waals surface area contributed by atoms with Gasteiger partial charge in [0.2, 0.25) is 0 Å². The van der Waals surface area contributed by atoms with Crippen molar-refractivity contribution in [1.82, 2.24) is 17.5 Å². The number of thiophene rings is 2. The predicted molar refractivity (Wildman–Crippen MR) is 228 cm³/mol. The van der Waals surface area contributed by atoms with Gasteiger partial charge in [-0.3, -0.25) is 0 Å². The molecule has 0 spiro atoms. The van der Waals surface area contributed by atoms with E-state index in [1.807, 2.05) is 22.7 Å². The van der Waals surface area contributed by atoms with Gasteiger partial charge in [-0.05, 0) is 73.9 Å². The summed E-state index contributed by atoms with van der Waals surface area (Å²) in [4.78, 5) is 5.47. The number of unbranched alkanes of at least 4 members (excludes halogenated alkanes) is 9. The molecule has 4 heterocycles. The number of fused-ring (bicyclic) bond motifs is 5. The average molecular weight is 759 g/mol. The molecule has 274 valence electrons. The summed E-state index contributed by atoms with van der Waals surface area (Å²) >= 11 is 6.52. The second-order valence-corrected chi connectivity index (χ2v) is 18.8. The normalized spacial score (nSPS) is 12.8. The van der Waals surface area contributed by atoms with Crippen LogP contribution in [0.3, 0.4) is 0 Å².